The van der Waals surface area contributed by atoms with Gasteiger partial charge < -0.3 is 19.5 Å². The molecule has 0 fully saturated rings. The van der Waals surface area contributed by atoms with Gasteiger partial charge in [-0.2, -0.15) is 0 Å². The van der Waals surface area contributed by atoms with E-state index in [4.69, 9.17) is 14.2 Å². The van der Waals surface area contributed by atoms with E-state index < -0.39 is 9.84 Å². The van der Waals surface area contributed by atoms with Gasteiger partial charge in [0.25, 0.3) is 0 Å². The van der Waals surface area contributed by atoms with Crippen molar-refractivity contribution in [3.05, 3.63) is 58.3 Å². The van der Waals surface area contributed by atoms with E-state index in [1.54, 1.807) is 41.8 Å². The first-order valence-electron chi connectivity index (χ1n) is 9.42. The third kappa shape index (κ3) is 3.53. The maximum Gasteiger partial charge on any atom is 0.225 e. The van der Waals surface area contributed by atoms with Crippen LogP contribution in [0.4, 0.5) is 5.69 Å². The highest BCUT2D eigenvalue weighted by Crippen LogP contribution is 2.51. The summed E-state index contributed by atoms with van der Waals surface area (Å²) in [7, 11) is 0.776. The van der Waals surface area contributed by atoms with Crippen LogP contribution in [0.3, 0.4) is 0 Å². The number of amides is 1. The predicted octanol–water partition coefficient (Wildman–Crippen LogP) is 4.08. The highest BCUT2D eigenvalue weighted by molar-refractivity contribution is 7.91. The fourth-order valence-corrected chi connectivity index (χ4v) is 6.70. The van der Waals surface area contributed by atoms with Crippen molar-refractivity contribution in [2.45, 2.75) is 22.1 Å². The molecule has 0 bridgehead atoms. The Bertz CT molecular complexity index is 1230. The van der Waals surface area contributed by atoms with Crippen LogP contribution in [0.5, 0.6) is 17.2 Å². The molecular formula is C22H21NO6S2. The van der Waals surface area contributed by atoms with E-state index >= 15 is 0 Å². The predicted molar refractivity (Wildman–Crippen MR) is 117 cm³/mol. The quantitative estimate of drug-likeness (QED) is 0.597. The molecule has 1 aromatic heterocycles. The van der Waals surface area contributed by atoms with Crippen LogP contribution in [0, 0.1) is 0 Å². The largest absolute Gasteiger partial charge is 0.493 e. The van der Waals surface area contributed by atoms with Gasteiger partial charge >= 0.3 is 0 Å². The van der Waals surface area contributed by atoms with Crippen LogP contribution in [0.15, 0.2) is 57.6 Å². The lowest BCUT2D eigenvalue weighted by atomic mass is 9.89. The first kappa shape index (κ1) is 21.2. The molecule has 0 unspecified atom stereocenters. The van der Waals surface area contributed by atoms with Crippen LogP contribution < -0.4 is 19.5 Å². The van der Waals surface area contributed by atoms with Crippen LogP contribution in [0.25, 0.3) is 0 Å². The number of rotatable bonds is 6. The number of fused-ring (bicyclic) bond motifs is 1. The number of carbonyl (C=O) groups excluding carboxylic acids is 1. The van der Waals surface area contributed by atoms with Crippen molar-refractivity contribution in [1.82, 2.24) is 0 Å². The Kier molecular flexibility index (Phi) is 5.63. The number of thiophene rings is 1. The molecule has 1 atom stereocenters. The molecule has 1 N–H and O–H groups in total. The highest BCUT2D eigenvalue weighted by atomic mass is 32.2. The third-order valence-corrected chi connectivity index (χ3v) is 8.25. The van der Waals surface area contributed by atoms with Crippen molar-refractivity contribution >= 4 is 32.8 Å². The Labute approximate surface area is 184 Å². The number of ether oxygens (including phenoxy) is 3. The summed E-state index contributed by atoms with van der Waals surface area (Å²) in [6.45, 7) is 0. The molecule has 0 radical (unpaired) electrons. The van der Waals surface area contributed by atoms with Gasteiger partial charge in [0.2, 0.25) is 21.5 Å². The van der Waals surface area contributed by atoms with Crippen LogP contribution >= 0.6 is 11.3 Å². The standard InChI is InChI=1S/C22H21NO6S2/c1-27-16-10-9-14(20(28-2)21(16)29-3)15-11-18(24)23-19-17(12-30-22(15)19)31(25,26)13-7-5-4-6-8-13/h4-10,12,15H,11H2,1-3H3,(H,23,24)/t15-/m1/s1. The zero-order valence-corrected chi connectivity index (χ0v) is 18.8. The summed E-state index contributed by atoms with van der Waals surface area (Å²) < 4.78 is 42.9. The molecule has 9 heteroatoms. The summed E-state index contributed by atoms with van der Waals surface area (Å²) in [5.74, 6) is 0.722. The first-order valence-corrected chi connectivity index (χ1v) is 11.8. The van der Waals surface area contributed by atoms with E-state index in [1.165, 1.54) is 32.7 Å². The smallest absolute Gasteiger partial charge is 0.225 e. The number of anilines is 1. The van der Waals surface area contributed by atoms with Gasteiger partial charge in [-0.15, -0.1) is 11.3 Å². The van der Waals surface area contributed by atoms with Crippen molar-refractivity contribution in [3.8, 4) is 17.2 Å². The normalized spacial score (nSPS) is 15.7. The number of carbonyl (C=O) groups is 1. The highest BCUT2D eigenvalue weighted by Gasteiger charge is 2.36. The van der Waals surface area contributed by atoms with Gasteiger partial charge in [0.1, 0.15) is 4.90 Å². The summed E-state index contributed by atoms with van der Waals surface area (Å²) in [6, 6.07) is 11.7. The lowest BCUT2D eigenvalue weighted by molar-refractivity contribution is -0.116. The molecule has 0 saturated carbocycles. The summed E-state index contributed by atoms with van der Waals surface area (Å²) >= 11 is 1.30. The lowest BCUT2D eigenvalue weighted by Gasteiger charge is -2.26. The Hall–Kier alpha value is -3.04. The number of hydrogen-bond donors (Lipinski definition) is 1. The summed E-state index contributed by atoms with van der Waals surface area (Å²) in [5, 5.41) is 4.35. The van der Waals surface area contributed by atoms with E-state index in [0.717, 1.165) is 10.4 Å². The van der Waals surface area contributed by atoms with Gasteiger partial charge in [-0.25, -0.2) is 8.42 Å². The summed E-state index contributed by atoms with van der Waals surface area (Å²) in [5.41, 5.74) is 1.05. The fourth-order valence-electron chi connectivity index (χ4n) is 3.78. The van der Waals surface area contributed by atoms with Crippen LogP contribution in [-0.2, 0) is 14.6 Å². The van der Waals surface area contributed by atoms with E-state index in [-0.39, 0.29) is 28.0 Å². The Morgan fingerprint density at radius 1 is 0.968 bits per heavy atom. The molecule has 1 aliphatic heterocycles. The molecule has 4 rings (SSSR count). The monoisotopic (exact) mass is 459 g/mol. The average molecular weight is 460 g/mol. The molecule has 162 valence electrons. The minimum absolute atomic E-state index is 0.0937. The Morgan fingerprint density at radius 2 is 1.68 bits per heavy atom. The van der Waals surface area contributed by atoms with Gasteiger partial charge in [-0.05, 0) is 18.2 Å². The third-order valence-electron chi connectivity index (χ3n) is 5.21. The lowest BCUT2D eigenvalue weighted by Crippen LogP contribution is -2.23. The van der Waals surface area contributed by atoms with E-state index in [1.807, 2.05) is 6.07 Å². The van der Waals surface area contributed by atoms with Crippen molar-refractivity contribution in [1.29, 1.82) is 0 Å². The zero-order chi connectivity index (χ0) is 22.2. The van der Waals surface area contributed by atoms with E-state index in [9.17, 15) is 13.2 Å². The molecule has 0 saturated heterocycles. The molecule has 1 aliphatic rings. The average Bonchev–Trinajstić information content (AvgIpc) is 3.22. The molecular weight excluding hydrogens is 438 g/mol. The Balaban J connectivity index is 1.87. The maximum absolute atomic E-state index is 13.2. The SMILES string of the molecule is COc1ccc([C@H]2CC(=O)Nc3c(S(=O)(=O)c4ccccc4)csc32)c(OC)c1OC. The van der Waals surface area contributed by atoms with E-state index in [0.29, 0.717) is 22.9 Å². The van der Waals surface area contributed by atoms with Crippen molar-refractivity contribution in [2.75, 3.05) is 26.6 Å². The second-order valence-electron chi connectivity index (χ2n) is 6.88. The molecule has 31 heavy (non-hydrogen) atoms. The molecule has 7 nitrogen and oxygen atoms in total. The number of hydrogen-bond acceptors (Lipinski definition) is 7. The van der Waals surface area contributed by atoms with Crippen LogP contribution in [0.1, 0.15) is 22.8 Å². The number of nitrogens with one attached hydrogen (secondary N) is 1. The maximum atomic E-state index is 13.2. The minimum atomic E-state index is -3.79. The molecule has 2 heterocycles. The number of benzene rings is 2. The fraction of sp³-hybridized carbons (Fsp3) is 0.227. The van der Waals surface area contributed by atoms with Gasteiger partial charge in [-0.3, -0.25) is 4.79 Å². The number of methoxy groups -OCH3 is 3. The van der Waals surface area contributed by atoms with E-state index in [2.05, 4.69) is 5.32 Å². The van der Waals surface area contributed by atoms with Gasteiger partial charge in [-0.1, -0.05) is 24.3 Å². The molecule has 2 aromatic carbocycles. The van der Waals surface area contributed by atoms with Crippen LogP contribution in [-0.4, -0.2) is 35.7 Å². The minimum Gasteiger partial charge on any atom is -0.493 e. The second kappa shape index (κ2) is 8.24. The van der Waals surface area contributed by atoms with Gasteiger partial charge in [0, 0.05) is 28.2 Å². The second-order valence-corrected chi connectivity index (χ2v) is 9.71. The van der Waals surface area contributed by atoms with Crippen molar-refractivity contribution in [3.63, 3.8) is 0 Å². The number of sulfone groups is 1. The first-order chi connectivity index (χ1) is 14.9. The van der Waals surface area contributed by atoms with Gasteiger partial charge in [0.05, 0.1) is 31.9 Å². The Morgan fingerprint density at radius 3 is 2.32 bits per heavy atom. The van der Waals surface area contributed by atoms with Crippen molar-refractivity contribution in [2.24, 2.45) is 0 Å². The topological polar surface area (TPSA) is 90.9 Å². The molecule has 0 aliphatic carbocycles. The van der Waals surface area contributed by atoms with Gasteiger partial charge in [0.15, 0.2) is 11.5 Å². The van der Waals surface area contributed by atoms with Crippen molar-refractivity contribution < 1.29 is 27.4 Å². The molecule has 0 spiro atoms. The molecule has 3 aromatic rings. The van der Waals surface area contributed by atoms with Crippen LogP contribution in [0.2, 0.25) is 0 Å². The zero-order valence-electron chi connectivity index (χ0n) is 17.2. The molecule has 1 amide bonds. The summed E-state index contributed by atoms with van der Waals surface area (Å²) in [6.07, 6.45) is 0.157. The summed E-state index contributed by atoms with van der Waals surface area (Å²) in [4.78, 5) is 13.6.